The van der Waals surface area contributed by atoms with E-state index in [1.807, 2.05) is 18.7 Å². The molecule has 2 fully saturated rings. The first kappa shape index (κ1) is 28.8. The molecular formula is C30H36F3N7O. The number of aliphatic imine (C=N–C) groups is 1. The van der Waals surface area contributed by atoms with Crippen molar-refractivity contribution in [1.82, 2.24) is 24.4 Å². The summed E-state index contributed by atoms with van der Waals surface area (Å²) < 4.78 is 45.9. The van der Waals surface area contributed by atoms with Crippen LogP contribution in [-0.2, 0) is 5.92 Å². The Kier molecular flexibility index (Phi) is 8.44. The van der Waals surface area contributed by atoms with Crippen LogP contribution in [-0.4, -0.2) is 75.4 Å². The molecule has 0 saturated carbocycles. The van der Waals surface area contributed by atoms with Crippen molar-refractivity contribution < 1.29 is 18.0 Å². The Morgan fingerprint density at radius 3 is 2.39 bits per heavy atom. The summed E-state index contributed by atoms with van der Waals surface area (Å²) in [6, 6.07) is 6.08. The number of nitrogens with zero attached hydrogens (tertiary/aromatic N) is 6. The number of alkyl halides is 2. The average molecular weight is 568 g/mol. The molecule has 1 N–H and O–H groups in total. The number of amidine groups is 1. The van der Waals surface area contributed by atoms with Crippen LogP contribution in [0.3, 0.4) is 0 Å². The second-order valence-electron chi connectivity index (χ2n) is 11.0. The number of carbonyl (C=O) groups excluding carboxylic acids is 1. The van der Waals surface area contributed by atoms with Crippen LogP contribution in [0.5, 0.6) is 0 Å². The van der Waals surface area contributed by atoms with Crippen LogP contribution in [0.4, 0.5) is 19.0 Å². The smallest absolute Gasteiger partial charge is 0.333 e. The number of fused-ring (bicyclic) bond motifs is 1. The van der Waals surface area contributed by atoms with Gasteiger partial charge in [0.25, 0.3) is 5.91 Å². The highest BCUT2D eigenvalue weighted by molar-refractivity contribution is 6.06. The highest BCUT2D eigenvalue weighted by atomic mass is 19.3. The summed E-state index contributed by atoms with van der Waals surface area (Å²) >= 11 is 0. The van der Waals surface area contributed by atoms with Gasteiger partial charge in [0.1, 0.15) is 17.2 Å². The number of benzene rings is 1. The zero-order valence-corrected chi connectivity index (χ0v) is 23.7. The lowest BCUT2D eigenvalue weighted by atomic mass is 9.99. The predicted octanol–water partition coefficient (Wildman–Crippen LogP) is 5.51. The van der Waals surface area contributed by atoms with E-state index < -0.39 is 23.1 Å². The number of allylic oxidation sites excluding steroid dienone is 1. The lowest BCUT2D eigenvalue weighted by molar-refractivity contribution is 0.0315. The summed E-state index contributed by atoms with van der Waals surface area (Å²) in [7, 11) is 1.58. The van der Waals surface area contributed by atoms with E-state index in [4.69, 9.17) is 0 Å². The van der Waals surface area contributed by atoms with E-state index in [1.165, 1.54) is 30.0 Å². The Labute approximate surface area is 238 Å². The molecule has 0 atom stereocenters. The van der Waals surface area contributed by atoms with E-state index in [0.29, 0.717) is 36.0 Å². The maximum atomic E-state index is 15.6. The zero-order valence-electron chi connectivity index (χ0n) is 23.7. The normalized spacial score (nSPS) is 17.6. The summed E-state index contributed by atoms with van der Waals surface area (Å²) in [5.41, 5.74) is 1.20. The molecular weight excluding hydrogens is 531 g/mol. The third kappa shape index (κ3) is 6.29. The molecule has 2 saturated heterocycles. The molecule has 0 radical (unpaired) electrons. The van der Waals surface area contributed by atoms with Gasteiger partial charge in [-0.2, -0.15) is 8.78 Å². The van der Waals surface area contributed by atoms with Crippen molar-refractivity contribution >= 4 is 23.1 Å². The molecule has 41 heavy (non-hydrogen) atoms. The van der Waals surface area contributed by atoms with Gasteiger partial charge in [-0.15, -0.1) is 5.10 Å². The molecule has 1 aromatic carbocycles. The van der Waals surface area contributed by atoms with Gasteiger partial charge in [-0.05, 0) is 89.0 Å². The van der Waals surface area contributed by atoms with Gasteiger partial charge >= 0.3 is 5.92 Å². The van der Waals surface area contributed by atoms with E-state index in [0.717, 1.165) is 55.8 Å². The van der Waals surface area contributed by atoms with Crippen LogP contribution in [0.1, 0.15) is 67.7 Å². The second-order valence-corrected chi connectivity index (χ2v) is 11.0. The number of hydrogen-bond acceptors (Lipinski definition) is 5. The van der Waals surface area contributed by atoms with Crippen molar-refractivity contribution in [3.05, 3.63) is 70.9 Å². The monoisotopic (exact) mass is 567 g/mol. The number of rotatable bonds is 6. The summed E-state index contributed by atoms with van der Waals surface area (Å²) in [6.07, 6.45) is 8.81. The number of piperidine rings is 2. The first-order valence-electron chi connectivity index (χ1n) is 14.1. The number of carbonyl (C=O) groups is 1. The predicted molar refractivity (Wildman–Crippen MR) is 153 cm³/mol. The van der Waals surface area contributed by atoms with Gasteiger partial charge in [-0.3, -0.25) is 9.79 Å². The molecule has 0 bridgehead atoms. The number of likely N-dealkylation sites (tertiary alicyclic amines) is 2. The van der Waals surface area contributed by atoms with Crippen molar-refractivity contribution in [2.24, 2.45) is 4.99 Å². The van der Waals surface area contributed by atoms with Crippen LogP contribution in [0.25, 0.3) is 5.52 Å². The van der Waals surface area contributed by atoms with Gasteiger partial charge in [-0.25, -0.2) is 13.9 Å². The standard InChI is InChI=1S/C30H36F3N7O/c1-20(2)17-26(34-3)35-27-25-18-21(28(41)39-15-11-24(12-16-39)38-13-5-4-6-14-38)19-40(25)37-29(36-27)30(32,33)22-7-9-23(31)10-8-22/h7-10,17-19,24H,4-6,11-16H2,1-3H3,(H,34,35,36,37). The van der Waals surface area contributed by atoms with Gasteiger partial charge in [0.05, 0.1) is 5.56 Å². The topological polar surface area (TPSA) is 78.1 Å². The Hall–Kier alpha value is -3.73. The van der Waals surface area contributed by atoms with Crippen LogP contribution < -0.4 is 5.32 Å². The minimum Gasteiger partial charge on any atom is -0.338 e. The van der Waals surface area contributed by atoms with Crippen LogP contribution in [0.15, 0.2) is 53.2 Å². The van der Waals surface area contributed by atoms with E-state index in [1.54, 1.807) is 19.2 Å². The molecule has 0 aliphatic carbocycles. The molecule has 0 unspecified atom stereocenters. The fraction of sp³-hybridized carbons (Fsp3) is 0.467. The molecule has 8 nitrogen and oxygen atoms in total. The second kappa shape index (κ2) is 12.0. The Bertz CT molecular complexity index is 1450. The summed E-state index contributed by atoms with van der Waals surface area (Å²) in [4.78, 5) is 26.3. The minimum atomic E-state index is -3.62. The number of amides is 1. The molecule has 4 heterocycles. The third-order valence-corrected chi connectivity index (χ3v) is 7.77. The summed E-state index contributed by atoms with van der Waals surface area (Å²) in [5.74, 6) is -4.71. The van der Waals surface area contributed by atoms with Crippen LogP contribution in [0, 0.1) is 5.82 Å². The lowest BCUT2D eigenvalue weighted by Crippen LogP contribution is -2.48. The zero-order chi connectivity index (χ0) is 29.1. The van der Waals surface area contributed by atoms with Crippen molar-refractivity contribution in [2.75, 3.05) is 38.5 Å². The molecule has 0 spiro atoms. The lowest BCUT2D eigenvalue weighted by Gasteiger charge is -2.40. The highest BCUT2D eigenvalue weighted by Gasteiger charge is 2.39. The number of hydrogen-bond donors (Lipinski definition) is 1. The van der Waals surface area contributed by atoms with Gasteiger partial charge in [0.2, 0.25) is 5.82 Å². The highest BCUT2D eigenvalue weighted by Crippen LogP contribution is 2.35. The van der Waals surface area contributed by atoms with E-state index >= 15 is 8.78 Å². The molecule has 2 aliphatic rings. The number of aromatic nitrogens is 3. The summed E-state index contributed by atoms with van der Waals surface area (Å²) in [5, 5.41) is 7.14. The van der Waals surface area contributed by atoms with Gasteiger partial charge < -0.3 is 15.1 Å². The maximum absolute atomic E-state index is 15.6. The molecule has 2 aliphatic heterocycles. The summed E-state index contributed by atoms with van der Waals surface area (Å²) in [6.45, 7) is 7.31. The van der Waals surface area contributed by atoms with Crippen LogP contribution in [0.2, 0.25) is 0 Å². The Balaban J connectivity index is 1.46. The maximum Gasteiger partial charge on any atom is 0.333 e. The fourth-order valence-electron chi connectivity index (χ4n) is 5.58. The number of nitrogens with one attached hydrogen (secondary N) is 1. The first-order valence-corrected chi connectivity index (χ1v) is 14.1. The number of anilines is 1. The largest absolute Gasteiger partial charge is 0.338 e. The third-order valence-electron chi connectivity index (χ3n) is 7.77. The van der Waals surface area contributed by atoms with E-state index in [9.17, 15) is 9.18 Å². The van der Waals surface area contributed by atoms with Gasteiger partial charge in [-0.1, -0.05) is 12.0 Å². The Morgan fingerprint density at radius 2 is 1.76 bits per heavy atom. The molecule has 218 valence electrons. The van der Waals surface area contributed by atoms with E-state index in [2.05, 4.69) is 25.3 Å². The molecule has 11 heteroatoms. The molecule has 2 aromatic heterocycles. The number of halogens is 3. The fourth-order valence-corrected chi connectivity index (χ4v) is 5.58. The molecule has 5 rings (SSSR count). The van der Waals surface area contributed by atoms with Crippen molar-refractivity contribution in [1.29, 1.82) is 0 Å². The quantitative estimate of drug-likeness (QED) is 0.314. The first-order chi connectivity index (χ1) is 19.7. The van der Waals surface area contributed by atoms with Crippen molar-refractivity contribution in [2.45, 2.75) is 57.9 Å². The van der Waals surface area contributed by atoms with Crippen molar-refractivity contribution in [3.8, 4) is 0 Å². The van der Waals surface area contributed by atoms with Crippen molar-refractivity contribution in [3.63, 3.8) is 0 Å². The minimum absolute atomic E-state index is 0.0812. The SMILES string of the molecule is CN=C(C=C(C)C)Nc1nc(C(F)(F)c2ccc(F)cc2)nn2cc(C(=O)N3CCC(N4CCCCC4)CC3)cc12. The molecule has 3 aromatic rings. The van der Waals surface area contributed by atoms with E-state index in [-0.39, 0.29) is 11.7 Å². The Morgan fingerprint density at radius 1 is 1.07 bits per heavy atom. The van der Waals surface area contributed by atoms with Gasteiger partial charge in [0.15, 0.2) is 5.82 Å². The van der Waals surface area contributed by atoms with Crippen LogP contribution >= 0.6 is 0 Å². The molecule has 1 amide bonds. The van der Waals surface area contributed by atoms with Gasteiger partial charge in [0, 0.05) is 37.9 Å². The average Bonchev–Trinajstić information content (AvgIpc) is 3.42.